The molecule has 0 aliphatic heterocycles. The van der Waals surface area contributed by atoms with E-state index in [4.69, 9.17) is 4.74 Å². The van der Waals surface area contributed by atoms with Gasteiger partial charge in [-0.1, -0.05) is 0 Å². The highest BCUT2D eigenvalue weighted by Crippen LogP contribution is 2.41. The highest BCUT2D eigenvalue weighted by atomic mass is 16.5. The van der Waals surface area contributed by atoms with Crippen molar-refractivity contribution in [2.24, 2.45) is 0 Å². The van der Waals surface area contributed by atoms with Crippen LogP contribution in [-0.4, -0.2) is 36.2 Å². The van der Waals surface area contributed by atoms with Gasteiger partial charge in [0.25, 0.3) is 0 Å². The Hall–Kier alpha value is -2.76. The smallest absolute Gasteiger partial charge is 0.338 e. The average Bonchev–Trinajstić information content (AvgIpc) is 2.48. The molecule has 2 N–H and O–H groups in total. The van der Waals surface area contributed by atoms with Gasteiger partial charge < -0.3 is 19.7 Å². The van der Waals surface area contributed by atoms with Gasteiger partial charge in [0.1, 0.15) is 5.75 Å². The molecule has 6 heteroatoms. The molecule has 2 aromatic carbocycles. The van der Waals surface area contributed by atoms with E-state index in [2.05, 4.69) is 4.74 Å². The predicted molar refractivity (Wildman–Crippen MR) is 75.2 cm³/mol. The Morgan fingerprint density at radius 1 is 1.00 bits per heavy atom. The molecule has 0 fully saturated rings. The number of carbonyl (C=O) groups is 2. The third-order valence-electron chi connectivity index (χ3n) is 3.19. The topological polar surface area (TPSA) is 93.1 Å². The van der Waals surface area contributed by atoms with Gasteiger partial charge in [0.05, 0.1) is 25.3 Å². The zero-order valence-electron chi connectivity index (χ0n) is 11.8. The maximum absolute atomic E-state index is 11.6. The van der Waals surface area contributed by atoms with Crippen LogP contribution in [0, 0.1) is 0 Å². The lowest BCUT2D eigenvalue weighted by Gasteiger charge is -2.12. The Kier molecular flexibility index (Phi) is 3.71. The van der Waals surface area contributed by atoms with Crippen molar-refractivity contribution in [1.82, 2.24) is 0 Å². The van der Waals surface area contributed by atoms with Crippen LogP contribution in [0.5, 0.6) is 17.2 Å². The number of carbonyl (C=O) groups excluding carboxylic acids is 2. The van der Waals surface area contributed by atoms with E-state index >= 15 is 0 Å². The van der Waals surface area contributed by atoms with Gasteiger partial charge in [-0.25, -0.2) is 4.79 Å². The molecular weight excluding hydrogens is 276 g/mol. The predicted octanol–water partition coefficient (Wildman–Crippen LogP) is 2.25. The first-order chi connectivity index (χ1) is 9.90. The van der Waals surface area contributed by atoms with E-state index in [0.717, 1.165) is 0 Å². The monoisotopic (exact) mass is 290 g/mol. The number of phenols is 2. The maximum Gasteiger partial charge on any atom is 0.338 e. The second kappa shape index (κ2) is 5.32. The summed E-state index contributed by atoms with van der Waals surface area (Å²) < 4.78 is 9.80. The van der Waals surface area contributed by atoms with Crippen LogP contribution in [0.3, 0.4) is 0 Å². The zero-order chi connectivity index (χ0) is 15.7. The summed E-state index contributed by atoms with van der Waals surface area (Å²) >= 11 is 0. The number of phenolic OH excluding ortho intramolecular Hbond substituents is 2. The number of methoxy groups -OCH3 is 2. The van der Waals surface area contributed by atoms with E-state index in [-0.39, 0.29) is 22.3 Å². The molecule has 2 aromatic rings. The van der Waals surface area contributed by atoms with Gasteiger partial charge in [-0.3, -0.25) is 4.79 Å². The minimum absolute atomic E-state index is 0.0240. The molecule has 6 nitrogen and oxygen atoms in total. The number of ether oxygens (including phenoxy) is 2. The molecule has 0 heterocycles. The summed E-state index contributed by atoms with van der Waals surface area (Å²) in [5.41, 5.74) is 0.135. The van der Waals surface area contributed by atoms with Crippen molar-refractivity contribution >= 4 is 22.5 Å². The van der Waals surface area contributed by atoms with Gasteiger partial charge in [-0.2, -0.15) is 0 Å². The molecule has 0 bridgehead atoms. The SMILES string of the molecule is COC(=O)c1cc(OC)c2cc(C(C)=O)c(O)c(O)c2c1. The molecule has 0 saturated carbocycles. The Balaban J connectivity index is 2.88. The van der Waals surface area contributed by atoms with Gasteiger partial charge in [0, 0.05) is 10.8 Å². The number of esters is 1. The summed E-state index contributed by atoms with van der Waals surface area (Å²) in [6.45, 7) is 1.27. The van der Waals surface area contributed by atoms with Gasteiger partial charge in [-0.15, -0.1) is 0 Å². The van der Waals surface area contributed by atoms with Crippen LogP contribution in [0.4, 0.5) is 0 Å². The molecule has 0 spiro atoms. The number of hydrogen-bond donors (Lipinski definition) is 2. The molecule has 0 aromatic heterocycles. The van der Waals surface area contributed by atoms with Crippen molar-refractivity contribution < 1.29 is 29.3 Å². The summed E-state index contributed by atoms with van der Waals surface area (Å²) in [6, 6.07) is 4.21. The third-order valence-corrected chi connectivity index (χ3v) is 3.19. The number of rotatable bonds is 3. The lowest BCUT2D eigenvalue weighted by Crippen LogP contribution is -2.02. The number of ketones is 1. The van der Waals surface area contributed by atoms with E-state index in [1.165, 1.54) is 39.3 Å². The fourth-order valence-corrected chi connectivity index (χ4v) is 2.11. The first-order valence-corrected chi connectivity index (χ1v) is 6.06. The van der Waals surface area contributed by atoms with Crippen molar-refractivity contribution in [3.8, 4) is 17.2 Å². The van der Waals surface area contributed by atoms with Crippen LogP contribution in [0.1, 0.15) is 27.6 Å². The third kappa shape index (κ3) is 2.35. The van der Waals surface area contributed by atoms with E-state index < -0.39 is 23.3 Å². The van der Waals surface area contributed by atoms with Crippen LogP contribution >= 0.6 is 0 Å². The van der Waals surface area contributed by atoms with Crippen molar-refractivity contribution in [2.75, 3.05) is 14.2 Å². The Morgan fingerprint density at radius 3 is 2.19 bits per heavy atom. The zero-order valence-corrected chi connectivity index (χ0v) is 11.8. The average molecular weight is 290 g/mol. The van der Waals surface area contributed by atoms with Crippen LogP contribution in [0.15, 0.2) is 18.2 Å². The standard InChI is InChI=1S/C15H14O6/c1-7(16)9-6-10-11(14(18)13(9)17)4-8(15(19)21-3)5-12(10)20-2/h4-6,17-18H,1-3H3. The maximum atomic E-state index is 11.6. The largest absolute Gasteiger partial charge is 0.504 e. The second-order valence-corrected chi connectivity index (χ2v) is 4.44. The molecule has 110 valence electrons. The Labute approximate surface area is 120 Å². The van der Waals surface area contributed by atoms with E-state index in [1.54, 1.807) is 0 Å². The fraction of sp³-hybridized carbons (Fsp3) is 0.200. The highest BCUT2D eigenvalue weighted by molar-refractivity contribution is 6.07. The van der Waals surface area contributed by atoms with Gasteiger partial charge in [-0.05, 0) is 25.1 Å². The summed E-state index contributed by atoms with van der Waals surface area (Å²) in [5.74, 6) is -1.74. The first kappa shape index (κ1) is 14.6. The number of fused-ring (bicyclic) bond motifs is 1. The Morgan fingerprint density at radius 2 is 1.67 bits per heavy atom. The van der Waals surface area contributed by atoms with Crippen LogP contribution < -0.4 is 4.74 Å². The summed E-state index contributed by atoms with van der Waals surface area (Å²) in [5, 5.41) is 20.6. The highest BCUT2D eigenvalue weighted by Gasteiger charge is 2.19. The molecule has 0 unspecified atom stereocenters. The van der Waals surface area contributed by atoms with Crippen molar-refractivity contribution in [2.45, 2.75) is 6.92 Å². The van der Waals surface area contributed by atoms with Crippen molar-refractivity contribution in [3.63, 3.8) is 0 Å². The fourth-order valence-electron chi connectivity index (χ4n) is 2.11. The minimum Gasteiger partial charge on any atom is -0.504 e. The lowest BCUT2D eigenvalue weighted by molar-refractivity contribution is 0.0600. The molecule has 0 amide bonds. The molecular formula is C15H14O6. The van der Waals surface area contributed by atoms with E-state index in [0.29, 0.717) is 5.39 Å². The summed E-state index contributed by atoms with van der Waals surface area (Å²) in [6.07, 6.45) is 0. The number of aromatic hydroxyl groups is 2. The van der Waals surface area contributed by atoms with Crippen LogP contribution in [0.2, 0.25) is 0 Å². The quantitative estimate of drug-likeness (QED) is 0.511. The van der Waals surface area contributed by atoms with Gasteiger partial charge in [0.15, 0.2) is 17.3 Å². The molecule has 0 saturated heterocycles. The molecule has 0 aliphatic rings. The van der Waals surface area contributed by atoms with E-state index in [9.17, 15) is 19.8 Å². The number of Topliss-reactive ketones (excluding diaryl/α,β-unsaturated/α-hetero) is 1. The van der Waals surface area contributed by atoms with Crippen LogP contribution in [0.25, 0.3) is 10.8 Å². The lowest BCUT2D eigenvalue weighted by atomic mass is 9.99. The minimum atomic E-state index is -0.607. The molecule has 2 rings (SSSR count). The van der Waals surface area contributed by atoms with Gasteiger partial charge in [0.2, 0.25) is 0 Å². The van der Waals surface area contributed by atoms with Crippen LogP contribution in [-0.2, 0) is 4.74 Å². The normalized spacial score (nSPS) is 10.4. The van der Waals surface area contributed by atoms with Crippen molar-refractivity contribution in [1.29, 1.82) is 0 Å². The Bertz CT molecular complexity index is 748. The van der Waals surface area contributed by atoms with Gasteiger partial charge >= 0.3 is 5.97 Å². The number of hydrogen-bond acceptors (Lipinski definition) is 6. The first-order valence-electron chi connectivity index (χ1n) is 6.06. The summed E-state index contributed by atoms with van der Waals surface area (Å²) in [7, 11) is 2.63. The van der Waals surface area contributed by atoms with E-state index in [1.807, 2.05) is 0 Å². The summed E-state index contributed by atoms with van der Waals surface area (Å²) in [4.78, 5) is 23.1. The second-order valence-electron chi connectivity index (χ2n) is 4.44. The number of benzene rings is 2. The molecule has 0 radical (unpaired) electrons. The molecule has 0 aliphatic carbocycles. The molecule has 21 heavy (non-hydrogen) atoms. The van der Waals surface area contributed by atoms with Crippen molar-refractivity contribution in [3.05, 3.63) is 29.3 Å². The molecule has 0 atom stereocenters.